The molecule has 0 aromatic heterocycles. The lowest BCUT2D eigenvalue weighted by Gasteiger charge is -2.13. The summed E-state index contributed by atoms with van der Waals surface area (Å²) in [5, 5.41) is 6.00. The van der Waals surface area contributed by atoms with Crippen molar-refractivity contribution >= 4 is 17.5 Å². The maximum Gasteiger partial charge on any atom is 0.253 e. The molecule has 0 radical (unpaired) electrons. The summed E-state index contributed by atoms with van der Waals surface area (Å²) >= 11 is 0. The van der Waals surface area contributed by atoms with Gasteiger partial charge >= 0.3 is 0 Å². The number of hydrogen-bond acceptors (Lipinski definition) is 3. The highest BCUT2D eigenvalue weighted by atomic mass is 16.2. The van der Waals surface area contributed by atoms with Crippen molar-refractivity contribution in [3.8, 4) is 0 Å². The maximum atomic E-state index is 11.9. The molecule has 0 spiro atoms. The van der Waals surface area contributed by atoms with E-state index in [-0.39, 0.29) is 17.9 Å². The molecule has 2 N–H and O–H groups in total. The van der Waals surface area contributed by atoms with E-state index < -0.39 is 0 Å². The second-order valence-electron chi connectivity index (χ2n) is 4.99. The molecule has 5 heteroatoms. The molecule has 2 amide bonds. The van der Waals surface area contributed by atoms with Gasteiger partial charge in [-0.15, -0.1) is 0 Å². The van der Waals surface area contributed by atoms with Crippen molar-refractivity contribution in [2.45, 2.75) is 26.3 Å². The van der Waals surface area contributed by atoms with E-state index in [9.17, 15) is 9.59 Å². The van der Waals surface area contributed by atoms with Crippen molar-refractivity contribution in [1.82, 2.24) is 10.2 Å². The predicted octanol–water partition coefficient (Wildman–Crippen LogP) is 1.71. The van der Waals surface area contributed by atoms with Crippen LogP contribution in [0.3, 0.4) is 0 Å². The van der Waals surface area contributed by atoms with Crippen LogP contribution < -0.4 is 10.6 Å². The molecule has 0 aliphatic heterocycles. The number of anilines is 1. The average molecular weight is 277 g/mol. The van der Waals surface area contributed by atoms with E-state index >= 15 is 0 Å². The highest BCUT2D eigenvalue weighted by molar-refractivity contribution is 5.97. The molecular formula is C15H23N3O2. The number of amides is 2. The molecule has 1 unspecified atom stereocenters. The summed E-state index contributed by atoms with van der Waals surface area (Å²) in [5.74, 6) is -0.144. The molecule has 1 aromatic carbocycles. The zero-order chi connectivity index (χ0) is 15.1. The normalized spacial score (nSPS) is 11.8. The van der Waals surface area contributed by atoms with E-state index in [1.165, 1.54) is 4.90 Å². The lowest BCUT2D eigenvalue weighted by Crippen LogP contribution is -2.30. The third kappa shape index (κ3) is 5.01. The van der Waals surface area contributed by atoms with Gasteiger partial charge in [0.05, 0.1) is 0 Å². The minimum absolute atomic E-state index is 0.0621. The van der Waals surface area contributed by atoms with Gasteiger partial charge in [-0.2, -0.15) is 0 Å². The van der Waals surface area contributed by atoms with E-state index in [1.807, 2.05) is 13.8 Å². The molecule has 0 aliphatic rings. The monoisotopic (exact) mass is 277 g/mol. The number of hydrogen-bond donors (Lipinski definition) is 2. The van der Waals surface area contributed by atoms with E-state index in [2.05, 4.69) is 10.6 Å². The fourth-order valence-electron chi connectivity index (χ4n) is 1.90. The Morgan fingerprint density at radius 3 is 2.60 bits per heavy atom. The first-order chi connectivity index (χ1) is 9.43. The molecule has 20 heavy (non-hydrogen) atoms. The molecule has 0 aliphatic carbocycles. The van der Waals surface area contributed by atoms with Crippen molar-refractivity contribution < 1.29 is 9.59 Å². The van der Waals surface area contributed by atoms with Crippen LogP contribution in [0.4, 0.5) is 5.69 Å². The smallest absolute Gasteiger partial charge is 0.253 e. The Kier molecular flexibility index (Phi) is 6.18. The van der Waals surface area contributed by atoms with Gasteiger partial charge in [-0.25, -0.2) is 0 Å². The minimum Gasteiger partial charge on any atom is -0.345 e. The lowest BCUT2D eigenvalue weighted by molar-refractivity contribution is -0.116. The standard InChI is InChI=1S/C15H23N3O2/c1-5-16-11(2)9-14(19)17-13-8-6-7-12(10-13)15(20)18(3)4/h6-8,10-11,16H,5,9H2,1-4H3,(H,17,19). The molecule has 110 valence electrons. The summed E-state index contributed by atoms with van der Waals surface area (Å²) in [5.41, 5.74) is 1.21. The van der Waals surface area contributed by atoms with E-state index in [0.29, 0.717) is 17.7 Å². The predicted molar refractivity (Wildman–Crippen MR) is 80.8 cm³/mol. The SMILES string of the molecule is CCNC(C)CC(=O)Nc1cccc(C(=O)N(C)C)c1. The van der Waals surface area contributed by atoms with Gasteiger partial charge in [-0.3, -0.25) is 9.59 Å². The van der Waals surface area contributed by atoms with Crippen LogP contribution in [0.2, 0.25) is 0 Å². The summed E-state index contributed by atoms with van der Waals surface area (Å²) in [6, 6.07) is 7.10. The van der Waals surface area contributed by atoms with Gasteiger partial charge in [0.2, 0.25) is 5.91 Å². The summed E-state index contributed by atoms with van der Waals surface area (Å²) in [4.78, 5) is 25.2. The van der Waals surface area contributed by atoms with Crippen LogP contribution in [0.5, 0.6) is 0 Å². The highest BCUT2D eigenvalue weighted by Crippen LogP contribution is 2.12. The summed E-state index contributed by atoms with van der Waals surface area (Å²) in [6.45, 7) is 4.81. The number of benzene rings is 1. The third-order valence-corrected chi connectivity index (χ3v) is 2.84. The zero-order valence-electron chi connectivity index (χ0n) is 12.6. The van der Waals surface area contributed by atoms with E-state index in [0.717, 1.165) is 6.54 Å². The Bertz CT molecular complexity index is 472. The maximum absolute atomic E-state index is 11.9. The lowest BCUT2D eigenvalue weighted by atomic mass is 10.1. The first-order valence-electron chi connectivity index (χ1n) is 6.79. The molecule has 0 fully saturated rings. The number of carbonyl (C=O) groups excluding carboxylic acids is 2. The van der Waals surface area contributed by atoms with Crippen LogP contribution in [0.25, 0.3) is 0 Å². The van der Waals surface area contributed by atoms with Crippen molar-refractivity contribution in [3.63, 3.8) is 0 Å². The van der Waals surface area contributed by atoms with Gasteiger partial charge in [0, 0.05) is 37.8 Å². The number of rotatable bonds is 6. The number of nitrogens with one attached hydrogen (secondary N) is 2. The summed E-state index contributed by atoms with van der Waals surface area (Å²) < 4.78 is 0. The topological polar surface area (TPSA) is 61.4 Å². The zero-order valence-corrected chi connectivity index (χ0v) is 12.6. The minimum atomic E-state index is -0.0814. The second kappa shape index (κ2) is 7.65. The fraction of sp³-hybridized carbons (Fsp3) is 0.467. The number of nitrogens with zero attached hydrogens (tertiary/aromatic N) is 1. The Morgan fingerprint density at radius 2 is 2.00 bits per heavy atom. The molecule has 0 saturated carbocycles. The fourth-order valence-corrected chi connectivity index (χ4v) is 1.90. The molecule has 0 bridgehead atoms. The molecule has 1 rings (SSSR count). The van der Waals surface area contributed by atoms with Gasteiger partial charge in [-0.05, 0) is 31.7 Å². The summed E-state index contributed by atoms with van der Waals surface area (Å²) in [7, 11) is 3.40. The average Bonchev–Trinajstić information content (AvgIpc) is 2.37. The molecule has 5 nitrogen and oxygen atoms in total. The highest BCUT2D eigenvalue weighted by Gasteiger charge is 2.11. The van der Waals surface area contributed by atoms with Crippen molar-refractivity contribution in [2.24, 2.45) is 0 Å². The van der Waals surface area contributed by atoms with E-state index in [1.54, 1.807) is 38.4 Å². The Morgan fingerprint density at radius 1 is 1.30 bits per heavy atom. The van der Waals surface area contributed by atoms with Crippen LogP contribution in [0, 0.1) is 0 Å². The summed E-state index contributed by atoms with van der Waals surface area (Å²) in [6.07, 6.45) is 0.402. The third-order valence-electron chi connectivity index (χ3n) is 2.84. The van der Waals surface area contributed by atoms with Gasteiger partial charge in [0.1, 0.15) is 0 Å². The first kappa shape index (κ1) is 16.2. The molecule has 1 atom stereocenters. The Balaban J connectivity index is 2.66. The van der Waals surface area contributed by atoms with Crippen molar-refractivity contribution in [3.05, 3.63) is 29.8 Å². The van der Waals surface area contributed by atoms with Crippen LogP contribution in [0.15, 0.2) is 24.3 Å². The van der Waals surface area contributed by atoms with Crippen LogP contribution >= 0.6 is 0 Å². The van der Waals surface area contributed by atoms with Gasteiger partial charge in [0.25, 0.3) is 5.91 Å². The van der Waals surface area contributed by atoms with Crippen LogP contribution in [-0.2, 0) is 4.79 Å². The van der Waals surface area contributed by atoms with Gasteiger partial charge in [-0.1, -0.05) is 13.0 Å². The Hall–Kier alpha value is -1.88. The largest absolute Gasteiger partial charge is 0.345 e. The molecule has 1 aromatic rings. The molecule has 0 saturated heterocycles. The van der Waals surface area contributed by atoms with Gasteiger partial charge < -0.3 is 15.5 Å². The quantitative estimate of drug-likeness (QED) is 0.832. The molecular weight excluding hydrogens is 254 g/mol. The number of carbonyl (C=O) groups is 2. The first-order valence-corrected chi connectivity index (χ1v) is 6.79. The molecule has 0 heterocycles. The van der Waals surface area contributed by atoms with Crippen molar-refractivity contribution in [1.29, 1.82) is 0 Å². The van der Waals surface area contributed by atoms with Gasteiger partial charge in [0.15, 0.2) is 0 Å². The van der Waals surface area contributed by atoms with Crippen molar-refractivity contribution in [2.75, 3.05) is 26.0 Å². The second-order valence-corrected chi connectivity index (χ2v) is 4.99. The van der Waals surface area contributed by atoms with Crippen LogP contribution in [0.1, 0.15) is 30.6 Å². The van der Waals surface area contributed by atoms with Crippen LogP contribution in [-0.4, -0.2) is 43.4 Å². The van der Waals surface area contributed by atoms with E-state index in [4.69, 9.17) is 0 Å². The Labute approximate surface area is 120 Å².